The van der Waals surface area contributed by atoms with Gasteiger partial charge >= 0.3 is 0 Å². The van der Waals surface area contributed by atoms with E-state index in [2.05, 4.69) is 0 Å². The van der Waals surface area contributed by atoms with Gasteiger partial charge in [-0.2, -0.15) is 0 Å². The monoisotopic (exact) mass is 500 g/mol. The molecule has 0 radical (unpaired) electrons. The van der Waals surface area contributed by atoms with Crippen molar-refractivity contribution in [1.82, 2.24) is 0 Å². The van der Waals surface area contributed by atoms with Crippen LogP contribution in [0.3, 0.4) is 0 Å². The normalized spacial score (nSPS) is 11.1. The fourth-order valence-electron chi connectivity index (χ4n) is 3.95. The molecule has 7 heteroatoms. The zero-order chi connectivity index (χ0) is 26.5. The zero-order valence-electron chi connectivity index (χ0n) is 21.4. The molecule has 0 saturated heterocycles. The predicted octanol–water partition coefficient (Wildman–Crippen LogP) is 6.21. The van der Waals surface area contributed by atoms with Crippen molar-refractivity contribution in [2.45, 2.75) is 13.8 Å². The minimum absolute atomic E-state index is 0.172. The van der Waals surface area contributed by atoms with E-state index in [4.69, 9.17) is 23.4 Å². The first-order chi connectivity index (χ1) is 17.9. The first kappa shape index (κ1) is 25.6. The van der Waals surface area contributed by atoms with E-state index in [1.165, 1.54) is 27.4 Å². The number of fused-ring (bicyclic) bond motifs is 2. The van der Waals surface area contributed by atoms with Gasteiger partial charge in [-0.15, -0.1) is 0 Å². The van der Waals surface area contributed by atoms with Crippen molar-refractivity contribution in [2.24, 2.45) is 0 Å². The number of ether oxygens (including phenoxy) is 4. The Labute approximate surface area is 214 Å². The van der Waals surface area contributed by atoms with Crippen molar-refractivity contribution in [3.8, 4) is 23.0 Å². The maximum absolute atomic E-state index is 13.6. The number of hydrogen-bond donors (Lipinski definition) is 0. The summed E-state index contributed by atoms with van der Waals surface area (Å²) in [7, 11) is 4.57. The molecule has 0 saturated carbocycles. The highest BCUT2D eigenvalue weighted by atomic mass is 16.5. The van der Waals surface area contributed by atoms with Crippen LogP contribution >= 0.6 is 0 Å². The Morgan fingerprint density at radius 1 is 0.892 bits per heavy atom. The standard InChI is InChI=1S/C30H28O7/c1-18(2)14-15-36-24-13-11-21-28(32)20-8-6-7-9-23(20)37-29(21)27(24)22(31)12-10-19-16-25(33-3)30(35-5)26(17-19)34-4/h6-14,16-17H,15H2,1-5H3/b12-10+. The third-order valence-corrected chi connectivity index (χ3v) is 5.80. The smallest absolute Gasteiger partial charge is 0.203 e. The SMILES string of the molecule is COc1cc(/C=C/C(=O)c2c(OCC=C(C)C)ccc3c(=O)c4ccccc4oc23)cc(OC)c1OC. The Balaban J connectivity index is 1.85. The number of methoxy groups -OCH3 is 3. The Hall–Kier alpha value is -4.52. The second kappa shape index (κ2) is 11.0. The van der Waals surface area contributed by atoms with Gasteiger partial charge in [0.2, 0.25) is 11.2 Å². The molecule has 0 fully saturated rings. The van der Waals surface area contributed by atoms with Crippen molar-refractivity contribution in [3.05, 3.63) is 87.6 Å². The summed E-state index contributed by atoms with van der Waals surface area (Å²) in [6.07, 6.45) is 4.93. The van der Waals surface area contributed by atoms with Crippen LogP contribution in [0.1, 0.15) is 29.8 Å². The molecule has 0 atom stereocenters. The molecule has 1 aromatic heterocycles. The molecule has 0 amide bonds. The molecule has 7 nitrogen and oxygen atoms in total. The van der Waals surface area contributed by atoms with Gasteiger partial charge in [-0.3, -0.25) is 9.59 Å². The highest BCUT2D eigenvalue weighted by Gasteiger charge is 2.20. The molecule has 37 heavy (non-hydrogen) atoms. The van der Waals surface area contributed by atoms with Gasteiger partial charge in [0, 0.05) is 0 Å². The van der Waals surface area contributed by atoms with E-state index in [0.29, 0.717) is 44.9 Å². The van der Waals surface area contributed by atoms with Gasteiger partial charge in [0.25, 0.3) is 0 Å². The van der Waals surface area contributed by atoms with Crippen molar-refractivity contribution >= 4 is 33.8 Å². The Bertz CT molecular complexity index is 1560. The van der Waals surface area contributed by atoms with Gasteiger partial charge in [0.1, 0.15) is 23.5 Å². The Morgan fingerprint density at radius 3 is 2.24 bits per heavy atom. The summed E-state index contributed by atoms with van der Waals surface area (Å²) in [6, 6.07) is 13.7. The fourth-order valence-corrected chi connectivity index (χ4v) is 3.95. The van der Waals surface area contributed by atoms with Crippen LogP contribution in [0.5, 0.6) is 23.0 Å². The highest BCUT2D eigenvalue weighted by Crippen LogP contribution is 2.38. The van der Waals surface area contributed by atoms with Crippen LogP contribution in [0.25, 0.3) is 28.0 Å². The highest BCUT2D eigenvalue weighted by molar-refractivity contribution is 6.16. The lowest BCUT2D eigenvalue weighted by molar-refractivity contribution is 0.104. The summed E-state index contributed by atoms with van der Waals surface area (Å²) < 4.78 is 28.2. The minimum atomic E-state index is -0.384. The molecule has 0 unspecified atom stereocenters. The van der Waals surface area contributed by atoms with Crippen molar-refractivity contribution in [3.63, 3.8) is 0 Å². The largest absolute Gasteiger partial charge is 0.493 e. The molecule has 0 N–H and O–H groups in total. The summed E-state index contributed by atoms with van der Waals surface area (Å²) in [5.74, 6) is 1.31. The van der Waals surface area contributed by atoms with E-state index in [1.54, 1.807) is 54.6 Å². The average molecular weight is 501 g/mol. The average Bonchev–Trinajstić information content (AvgIpc) is 2.90. The second-order valence-electron chi connectivity index (χ2n) is 8.49. The first-order valence-corrected chi connectivity index (χ1v) is 11.6. The van der Waals surface area contributed by atoms with Crippen LogP contribution in [-0.2, 0) is 0 Å². The molecule has 0 aliphatic heterocycles. The van der Waals surface area contributed by atoms with E-state index >= 15 is 0 Å². The van der Waals surface area contributed by atoms with Crippen molar-refractivity contribution in [2.75, 3.05) is 27.9 Å². The molecule has 0 aliphatic rings. The number of para-hydroxylation sites is 1. The van der Waals surface area contributed by atoms with Crippen LogP contribution < -0.4 is 24.4 Å². The summed E-state index contributed by atoms with van der Waals surface area (Å²) in [5.41, 5.74) is 2.26. The van der Waals surface area contributed by atoms with E-state index in [9.17, 15) is 9.59 Å². The summed E-state index contributed by atoms with van der Waals surface area (Å²) in [5, 5.41) is 0.748. The summed E-state index contributed by atoms with van der Waals surface area (Å²) >= 11 is 0. The summed E-state index contributed by atoms with van der Waals surface area (Å²) in [6.45, 7) is 4.19. The topological polar surface area (TPSA) is 84.2 Å². The number of hydrogen-bond acceptors (Lipinski definition) is 7. The van der Waals surface area contributed by atoms with E-state index < -0.39 is 0 Å². The first-order valence-electron chi connectivity index (χ1n) is 11.6. The molecular formula is C30H28O7. The lowest BCUT2D eigenvalue weighted by atomic mass is 10.0. The van der Waals surface area contributed by atoms with Crippen LogP contribution in [0.4, 0.5) is 0 Å². The van der Waals surface area contributed by atoms with Gasteiger partial charge in [0.05, 0.1) is 32.1 Å². The van der Waals surface area contributed by atoms with E-state index in [-0.39, 0.29) is 29.0 Å². The number of carbonyl (C=O) groups is 1. The number of carbonyl (C=O) groups excluding carboxylic acids is 1. The minimum Gasteiger partial charge on any atom is -0.493 e. The van der Waals surface area contributed by atoms with Crippen LogP contribution in [0.2, 0.25) is 0 Å². The van der Waals surface area contributed by atoms with Gasteiger partial charge in [-0.05, 0) is 68.0 Å². The molecule has 0 spiro atoms. The lowest BCUT2D eigenvalue weighted by Crippen LogP contribution is -2.08. The number of rotatable bonds is 9. The third-order valence-electron chi connectivity index (χ3n) is 5.80. The second-order valence-corrected chi connectivity index (χ2v) is 8.49. The van der Waals surface area contributed by atoms with Crippen LogP contribution in [0.15, 0.2) is 75.5 Å². The lowest BCUT2D eigenvalue weighted by Gasteiger charge is -2.13. The van der Waals surface area contributed by atoms with Crippen molar-refractivity contribution in [1.29, 1.82) is 0 Å². The predicted molar refractivity (Wildman–Crippen MR) is 144 cm³/mol. The van der Waals surface area contributed by atoms with Crippen LogP contribution in [0, 0.1) is 0 Å². The van der Waals surface area contributed by atoms with E-state index in [0.717, 1.165) is 5.57 Å². The molecule has 0 aliphatic carbocycles. The van der Waals surface area contributed by atoms with Gasteiger partial charge in [-0.1, -0.05) is 23.8 Å². The molecule has 3 aromatic carbocycles. The number of benzene rings is 3. The molecular weight excluding hydrogens is 472 g/mol. The van der Waals surface area contributed by atoms with Crippen molar-refractivity contribution < 1.29 is 28.2 Å². The fraction of sp³-hybridized carbons (Fsp3) is 0.200. The zero-order valence-corrected chi connectivity index (χ0v) is 21.4. The van der Waals surface area contributed by atoms with Gasteiger partial charge in [0.15, 0.2) is 22.9 Å². The van der Waals surface area contributed by atoms with Crippen LogP contribution in [-0.4, -0.2) is 33.7 Å². The summed E-state index contributed by atoms with van der Waals surface area (Å²) in [4.78, 5) is 26.8. The Morgan fingerprint density at radius 2 is 1.59 bits per heavy atom. The quantitative estimate of drug-likeness (QED) is 0.117. The van der Waals surface area contributed by atoms with E-state index in [1.807, 2.05) is 19.9 Å². The number of allylic oxidation sites excluding steroid dienone is 2. The maximum Gasteiger partial charge on any atom is 0.203 e. The third kappa shape index (κ3) is 5.21. The molecule has 1 heterocycles. The Kier molecular flexibility index (Phi) is 7.63. The molecule has 4 rings (SSSR count). The molecule has 4 aromatic rings. The van der Waals surface area contributed by atoms with Gasteiger partial charge < -0.3 is 23.4 Å². The molecule has 0 bridgehead atoms. The van der Waals surface area contributed by atoms with Gasteiger partial charge in [-0.25, -0.2) is 0 Å². The maximum atomic E-state index is 13.6. The number of ketones is 1. The molecule has 190 valence electrons.